The molecule has 3 rings (SSSR count). The Labute approximate surface area is 132 Å². The predicted octanol–water partition coefficient (Wildman–Crippen LogP) is 2.41. The zero-order valence-electron chi connectivity index (χ0n) is 13.1. The number of benzene rings is 1. The average Bonchev–Trinajstić information content (AvgIpc) is 2.57. The maximum Gasteiger partial charge on any atom is 0.138 e. The standard InChI is InChI=1S/C18H23N3O/c1-20-7-9-21(10-8-20)14-17-11-18(13-19-12-17)22-15-16-5-3-2-4-6-16/h2-6,11-13H,7-10,14-15H2,1H3. The van der Waals surface area contributed by atoms with Gasteiger partial charge in [0, 0.05) is 38.9 Å². The van der Waals surface area contributed by atoms with Gasteiger partial charge in [-0.1, -0.05) is 30.3 Å². The Morgan fingerprint density at radius 1 is 1.00 bits per heavy atom. The van der Waals surface area contributed by atoms with Crippen molar-refractivity contribution in [2.45, 2.75) is 13.2 Å². The van der Waals surface area contributed by atoms with E-state index in [9.17, 15) is 0 Å². The molecule has 116 valence electrons. The fourth-order valence-corrected chi connectivity index (χ4v) is 2.63. The minimum Gasteiger partial charge on any atom is -0.487 e. The van der Waals surface area contributed by atoms with Gasteiger partial charge in [0.05, 0.1) is 6.20 Å². The second-order valence-electron chi connectivity index (χ2n) is 5.88. The molecule has 2 heterocycles. The van der Waals surface area contributed by atoms with Crippen molar-refractivity contribution in [2.75, 3.05) is 33.2 Å². The molecule has 4 heteroatoms. The van der Waals surface area contributed by atoms with Gasteiger partial charge < -0.3 is 9.64 Å². The highest BCUT2D eigenvalue weighted by Gasteiger charge is 2.14. The number of piperazine rings is 1. The second kappa shape index (κ2) is 7.38. The molecule has 0 N–H and O–H groups in total. The molecular weight excluding hydrogens is 274 g/mol. The fourth-order valence-electron chi connectivity index (χ4n) is 2.63. The van der Waals surface area contributed by atoms with Crippen LogP contribution in [-0.2, 0) is 13.2 Å². The van der Waals surface area contributed by atoms with Crippen molar-refractivity contribution in [3.63, 3.8) is 0 Å². The highest BCUT2D eigenvalue weighted by Crippen LogP contribution is 2.15. The number of rotatable bonds is 5. The van der Waals surface area contributed by atoms with Crippen LogP contribution in [-0.4, -0.2) is 48.0 Å². The molecule has 0 amide bonds. The Kier molecular flexibility index (Phi) is 5.03. The number of likely N-dealkylation sites (N-methyl/N-ethyl adjacent to an activating group) is 1. The zero-order valence-corrected chi connectivity index (χ0v) is 13.1. The summed E-state index contributed by atoms with van der Waals surface area (Å²) in [6, 6.07) is 12.3. The van der Waals surface area contributed by atoms with E-state index in [0.717, 1.165) is 38.5 Å². The maximum atomic E-state index is 5.85. The molecule has 0 radical (unpaired) electrons. The summed E-state index contributed by atoms with van der Waals surface area (Å²) in [5.74, 6) is 0.843. The lowest BCUT2D eigenvalue weighted by Crippen LogP contribution is -2.43. The second-order valence-corrected chi connectivity index (χ2v) is 5.88. The van der Waals surface area contributed by atoms with Crippen molar-refractivity contribution in [1.29, 1.82) is 0 Å². The molecule has 1 aliphatic rings. The number of aromatic nitrogens is 1. The summed E-state index contributed by atoms with van der Waals surface area (Å²) in [7, 11) is 2.18. The number of pyridine rings is 1. The molecular formula is C18H23N3O. The molecule has 22 heavy (non-hydrogen) atoms. The first-order chi connectivity index (χ1) is 10.8. The molecule has 0 spiro atoms. The highest BCUT2D eigenvalue weighted by atomic mass is 16.5. The predicted molar refractivity (Wildman–Crippen MR) is 87.8 cm³/mol. The Bertz CT molecular complexity index is 580. The normalized spacial score (nSPS) is 16.6. The van der Waals surface area contributed by atoms with Gasteiger partial charge in [-0.05, 0) is 24.2 Å². The van der Waals surface area contributed by atoms with E-state index in [1.165, 1.54) is 11.1 Å². The number of hydrogen-bond donors (Lipinski definition) is 0. The van der Waals surface area contributed by atoms with Gasteiger partial charge in [0.15, 0.2) is 0 Å². The van der Waals surface area contributed by atoms with Crippen LogP contribution >= 0.6 is 0 Å². The van der Waals surface area contributed by atoms with E-state index in [1.54, 1.807) is 6.20 Å². The average molecular weight is 297 g/mol. The molecule has 2 aromatic rings. The van der Waals surface area contributed by atoms with Gasteiger partial charge in [-0.2, -0.15) is 0 Å². The van der Waals surface area contributed by atoms with Crippen LogP contribution in [0.1, 0.15) is 11.1 Å². The van der Waals surface area contributed by atoms with E-state index < -0.39 is 0 Å². The van der Waals surface area contributed by atoms with Gasteiger partial charge in [-0.15, -0.1) is 0 Å². The van der Waals surface area contributed by atoms with Crippen LogP contribution < -0.4 is 4.74 Å². The Morgan fingerprint density at radius 2 is 1.77 bits per heavy atom. The lowest BCUT2D eigenvalue weighted by molar-refractivity contribution is 0.148. The maximum absolute atomic E-state index is 5.85. The molecule has 1 aliphatic heterocycles. The quantitative estimate of drug-likeness (QED) is 0.847. The van der Waals surface area contributed by atoms with E-state index in [4.69, 9.17) is 4.74 Å². The van der Waals surface area contributed by atoms with E-state index in [2.05, 4.69) is 40.0 Å². The molecule has 1 saturated heterocycles. The third-order valence-electron chi connectivity index (χ3n) is 4.02. The van der Waals surface area contributed by atoms with Gasteiger partial charge in [0.25, 0.3) is 0 Å². The molecule has 0 bridgehead atoms. The van der Waals surface area contributed by atoms with Gasteiger partial charge in [-0.25, -0.2) is 0 Å². The van der Waals surface area contributed by atoms with Crippen LogP contribution in [0.4, 0.5) is 0 Å². The molecule has 1 aromatic heterocycles. The minimum atomic E-state index is 0.584. The van der Waals surface area contributed by atoms with Crippen LogP contribution in [0.5, 0.6) is 5.75 Å². The summed E-state index contributed by atoms with van der Waals surface area (Å²) in [5.41, 5.74) is 2.39. The molecule has 0 unspecified atom stereocenters. The minimum absolute atomic E-state index is 0.584. The van der Waals surface area contributed by atoms with Crippen molar-refractivity contribution >= 4 is 0 Å². The number of hydrogen-bond acceptors (Lipinski definition) is 4. The Balaban J connectivity index is 1.55. The lowest BCUT2D eigenvalue weighted by Gasteiger charge is -2.32. The first-order valence-electron chi connectivity index (χ1n) is 7.81. The van der Waals surface area contributed by atoms with Crippen molar-refractivity contribution in [3.8, 4) is 5.75 Å². The van der Waals surface area contributed by atoms with Crippen LogP contribution in [0.25, 0.3) is 0 Å². The topological polar surface area (TPSA) is 28.6 Å². The monoisotopic (exact) mass is 297 g/mol. The molecule has 4 nitrogen and oxygen atoms in total. The van der Waals surface area contributed by atoms with Crippen molar-refractivity contribution < 1.29 is 4.74 Å². The summed E-state index contributed by atoms with van der Waals surface area (Å²) in [6.07, 6.45) is 3.73. The SMILES string of the molecule is CN1CCN(Cc2cncc(OCc3ccccc3)c2)CC1. The van der Waals surface area contributed by atoms with Crippen molar-refractivity contribution in [2.24, 2.45) is 0 Å². The van der Waals surface area contributed by atoms with Crippen LogP contribution in [0.2, 0.25) is 0 Å². The van der Waals surface area contributed by atoms with Gasteiger partial charge >= 0.3 is 0 Å². The molecule has 0 aliphatic carbocycles. The van der Waals surface area contributed by atoms with Crippen LogP contribution in [0, 0.1) is 0 Å². The summed E-state index contributed by atoms with van der Waals surface area (Å²) in [4.78, 5) is 9.15. The first kappa shape index (κ1) is 15.0. The Morgan fingerprint density at radius 3 is 2.55 bits per heavy atom. The van der Waals surface area contributed by atoms with Gasteiger partial charge in [-0.3, -0.25) is 9.88 Å². The third-order valence-corrected chi connectivity index (χ3v) is 4.02. The molecule has 1 aromatic carbocycles. The highest BCUT2D eigenvalue weighted by molar-refractivity contribution is 5.24. The molecule has 0 saturated carbocycles. The number of ether oxygens (including phenoxy) is 1. The lowest BCUT2D eigenvalue weighted by atomic mass is 10.2. The van der Waals surface area contributed by atoms with Crippen LogP contribution in [0.3, 0.4) is 0 Å². The summed E-state index contributed by atoms with van der Waals surface area (Å²) in [6.45, 7) is 6.04. The molecule has 0 atom stereocenters. The van der Waals surface area contributed by atoms with Crippen molar-refractivity contribution in [1.82, 2.24) is 14.8 Å². The van der Waals surface area contributed by atoms with Gasteiger partial charge in [0.1, 0.15) is 12.4 Å². The summed E-state index contributed by atoms with van der Waals surface area (Å²) < 4.78 is 5.85. The first-order valence-corrected chi connectivity index (χ1v) is 7.81. The van der Waals surface area contributed by atoms with E-state index in [1.807, 2.05) is 24.4 Å². The van der Waals surface area contributed by atoms with Gasteiger partial charge in [0.2, 0.25) is 0 Å². The van der Waals surface area contributed by atoms with E-state index >= 15 is 0 Å². The van der Waals surface area contributed by atoms with E-state index in [-0.39, 0.29) is 0 Å². The third kappa shape index (κ3) is 4.29. The summed E-state index contributed by atoms with van der Waals surface area (Å²) >= 11 is 0. The van der Waals surface area contributed by atoms with Crippen LogP contribution in [0.15, 0.2) is 48.8 Å². The summed E-state index contributed by atoms with van der Waals surface area (Å²) in [5, 5.41) is 0. The fraction of sp³-hybridized carbons (Fsp3) is 0.389. The van der Waals surface area contributed by atoms with E-state index in [0.29, 0.717) is 6.61 Å². The Hall–Kier alpha value is -1.91. The zero-order chi connectivity index (χ0) is 15.2. The van der Waals surface area contributed by atoms with Crippen molar-refractivity contribution in [3.05, 3.63) is 59.9 Å². The number of nitrogens with zero attached hydrogens (tertiary/aromatic N) is 3. The smallest absolute Gasteiger partial charge is 0.138 e. The largest absolute Gasteiger partial charge is 0.487 e. The molecule has 1 fully saturated rings.